The molecule has 2 aromatic rings. The third kappa shape index (κ3) is 5.73. The lowest BCUT2D eigenvalue weighted by Gasteiger charge is -2.41. The van der Waals surface area contributed by atoms with Gasteiger partial charge in [0.2, 0.25) is 0 Å². The molecule has 4 rings (SSSR count). The number of imidazole rings is 1. The molecule has 0 spiro atoms. The Kier molecular flexibility index (Phi) is 7.74. The van der Waals surface area contributed by atoms with Crippen LogP contribution in [-0.2, 0) is 25.6 Å². The number of hydrogen-bond donors (Lipinski definition) is 3. The topological polar surface area (TPSA) is 120 Å². The molecule has 9 nitrogen and oxygen atoms in total. The molecule has 2 aliphatic rings. The number of carbonyl (C=O) groups excluding carboxylic acids is 2. The van der Waals surface area contributed by atoms with E-state index in [4.69, 9.17) is 15.2 Å². The van der Waals surface area contributed by atoms with Gasteiger partial charge >= 0.3 is 11.9 Å². The predicted molar refractivity (Wildman–Crippen MR) is 140 cm³/mol. The molecular weight excluding hydrogens is 470 g/mol. The first-order valence-electron chi connectivity index (χ1n) is 11.9. The molecule has 4 N–H and O–H groups in total. The highest BCUT2D eigenvalue weighted by Gasteiger charge is 2.47. The molecule has 2 aliphatic heterocycles. The van der Waals surface area contributed by atoms with Gasteiger partial charge in [0, 0.05) is 30.3 Å². The smallest absolute Gasteiger partial charge is 0.336 e. The van der Waals surface area contributed by atoms with Crippen molar-refractivity contribution in [2.24, 2.45) is 11.7 Å². The first kappa shape index (κ1) is 25.7. The van der Waals surface area contributed by atoms with E-state index in [1.165, 1.54) is 7.11 Å². The maximum atomic E-state index is 13.3. The molecule has 0 radical (unpaired) electrons. The standard InChI is InChI=1S/C28H31N5O4/c1-19-23(26(34)36-3)25(28(29)12-4-5-13-31-28)24(20(2)32-19)27(35)37-16-6-7-21-8-10-22(11-9-21)17-33-15-14-30-18-33/h4-15,18,25,31-32H,16-17,29H2,1-3H3/b7-6+. The van der Waals surface area contributed by atoms with Crippen molar-refractivity contribution >= 4 is 18.0 Å². The molecule has 0 fully saturated rings. The van der Waals surface area contributed by atoms with Gasteiger partial charge in [0.25, 0.3) is 0 Å². The van der Waals surface area contributed by atoms with Crippen LogP contribution in [0.4, 0.5) is 0 Å². The van der Waals surface area contributed by atoms with Gasteiger partial charge < -0.3 is 30.4 Å². The van der Waals surface area contributed by atoms with Gasteiger partial charge in [-0.05, 0) is 49.4 Å². The lowest BCUT2D eigenvalue weighted by molar-refractivity contribution is -0.139. The van der Waals surface area contributed by atoms with Crippen LogP contribution in [-0.4, -0.2) is 40.9 Å². The third-order valence-electron chi connectivity index (χ3n) is 6.30. The van der Waals surface area contributed by atoms with E-state index in [1.54, 1.807) is 56.9 Å². The molecular formula is C28H31N5O4. The van der Waals surface area contributed by atoms with Crippen LogP contribution >= 0.6 is 0 Å². The highest BCUT2D eigenvalue weighted by atomic mass is 16.5. The number of rotatable bonds is 8. The van der Waals surface area contributed by atoms with Crippen LogP contribution in [0.1, 0.15) is 25.0 Å². The first-order valence-corrected chi connectivity index (χ1v) is 11.9. The number of allylic oxidation sites excluding steroid dienone is 4. The minimum atomic E-state index is -1.23. The van der Waals surface area contributed by atoms with Gasteiger partial charge in [-0.1, -0.05) is 36.4 Å². The number of ether oxygens (including phenoxy) is 2. The van der Waals surface area contributed by atoms with E-state index >= 15 is 0 Å². The number of carbonyl (C=O) groups is 2. The first-order chi connectivity index (χ1) is 17.8. The summed E-state index contributed by atoms with van der Waals surface area (Å²) < 4.78 is 12.6. The van der Waals surface area contributed by atoms with Gasteiger partial charge in [0.1, 0.15) is 12.3 Å². The Morgan fingerprint density at radius 3 is 2.49 bits per heavy atom. The van der Waals surface area contributed by atoms with Gasteiger partial charge in [-0.2, -0.15) is 0 Å². The van der Waals surface area contributed by atoms with E-state index in [0.29, 0.717) is 11.4 Å². The number of nitrogens with zero attached hydrogens (tertiary/aromatic N) is 2. The predicted octanol–water partition coefficient (Wildman–Crippen LogP) is 2.76. The number of aromatic nitrogens is 2. The van der Waals surface area contributed by atoms with E-state index < -0.39 is 23.5 Å². The fourth-order valence-corrected chi connectivity index (χ4v) is 4.52. The second-order valence-corrected chi connectivity index (χ2v) is 8.90. The Morgan fingerprint density at radius 1 is 1.14 bits per heavy atom. The molecule has 3 heterocycles. The van der Waals surface area contributed by atoms with Crippen molar-refractivity contribution in [1.82, 2.24) is 20.2 Å². The molecule has 192 valence electrons. The third-order valence-corrected chi connectivity index (χ3v) is 6.30. The van der Waals surface area contributed by atoms with Gasteiger partial charge in [-0.15, -0.1) is 0 Å². The molecule has 0 bridgehead atoms. The van der Waals surface area contributed by atoms with E-state index in [2.05, 4.69) is 15.6 Å². The monoisotopic (exact) mass is 501 g/mol. The molecule has 2 unspecified atom stereocenters. The Bertz CT molecular complexity index is 1300. The van der Waals surface area contributed by atoms with E-state index in [0.717, 1.165) is 17.7 Å². The second-order valence-electron chi connectivity index (χ2n) is 8.90. The zero-order valence-corrected chi connectivity index (χ0v) is 21.1. The van der Waals surface area contributed by atoms with Gasteiger partial charge in [-0.3, -0.25) is 0 Å². The molecule has 1 aromatic carbocycles. The van der Waals surface area contributed by atoms with Crippen molar-refractivity contribution in [3.63, 3.8) is 0 Å². The summed E-state index contributed by atoms with van der Waals surface area (Å²) in [5.41, 5.74) is 9.23. The van der Waals surface area contributed by atoms with Gasteiger partial charge in [-0.25, -0.2) is 14.6 Å². The maximum Gasteiger partial charge on any atom is 0.336 e. The largest absolute Gasteiger partial charge is 0.466 e. The second kappa shape index (κ2) is 11.1. The average molecular weight is 502 g/mol. The number of nitrogens with two attached hydrogens (primary N) is 1. The fourth-order valence-electron chi connectivity index (χ4n) is 4.52. The highest BCUT2D eigenvalue weighted by molar-refractivity contribution is 5.98. The van der Waals surface area contributed by atoms with Crippen molar-refractivity contribution in [1.29, 1.82) is 0 Å². The van der Waals surface area contributed by atoms with Crippen molar-refractivity contribution in [2.75, 3.05) is 13.7 Å². The average Bonchev–Trinajstić information content (AvgIpc) is 3.40. The Hall–Kier alpha value is -4.37. The van der Waals surface area contributed by atoms with Crippen LogP contribution in [0.3, 0.4) is 0 Å². The molecule has 0 aliphatic carbocycles. The lowest BCUT2D eigenvalue weighted by Crippen LogP contribution is -2.60. The highest BCUT2D eigenvalue weighted by Crippen LogP contribution is 2.38. The number of methoxy groups -OCH3 is 1. The number of dihydropyridines is 2. The summed E-state index contributed by atoms with van der Waals surface area (Å²) in [4.78, 5) is 30.1. The Morgan fingerprint density at radius 2 is 1.86 bits per heavy atom. The summed E-state index contributed by atoms with van der Waals surface area (Å²) in [6.07, 6.45) is 16.0. The van der Waals surface area contributed by atoms with Crippen LogP contribution in [0.25, 0.3) is 6.08 Å². The fraction of sp³-hybridized carbons (Fsp3) is 0.250. The Balaban J connectivity index is 1.47. The maximum absolute atomic E-state index is 13.3. The summed E-state index contributed by atoms with van der Waals surface area (Å²) >= 11 is 0. The molecule has 1 aromatic heterocycles. The minimum absolute atomic E-state index is 0.0517. The number of hydrogen-bond acceptors (Lipinski definition) is 8. The van der Waals surface area contributed by atoms with Crippen LogP contribution in [0.2, 0.25) is 0 Å². The van der Waals surface area contributed by atoms with E-state index in [9.17, 15) is 9.59 Å². The zero-order chi connectivity index (χ0) is 26.4. The van der Waals surface area contributed by atoms with Crippen LogP contribution in [0, 0.1) is 5.92 Å². The summed E-state index contributed by atoms with van der Waals surface area (Å²) in [6, 6.07) is 8.09. The Labute approximate surface area is 216 Å². The zero-order valence-electron chi connectivity index (χ0n) is 21.1. The molecule has 2 atom stereocenters. The number of nitrogens with one attached hydrogen (secondary N) is 2. The van der Waals surface area contributed by atoms with Crippen LogP contribution in [0.5, 0.6) is 0 Å². The summed E-state index contributed by atoms with van der Waals surface area (Å²) in [5, 5.41) is 6.19. The van der Waals surface area contributed by atoms with Crippen molar-refractivity contribution in [3.8, 4) is 0 Å². The van der Waals surface area contributed by atoms with Crippen molar-refractivity contribution < 1.29 is 19.1 Å². The summed E-state index contributed by atoms with van der Waals surface area (Å²) in [7, 11) is 1.30. The molecule has 9 heteroatoms. The quantitative estimate of drug-likeness (QED) is 0.473. The lowest BCUT2D eigenvalue weighted by atomic mass is 9.76. The van der Waals surface area contributed by atoms with Crippen LogP contribution < -0.4 is 16.4 Å². The van der Waals surface area contributed by atoms with Crippen LogP contribution in [0.15, 0.2) is 96.0 Å². The molecule has 0 saturated carbocycles. The van der Waals surface area contributed by atoms with Crippen molar-refractivity contribution in [3.05, 3.63) is 107 Å². The van der Waals surface area contributed by atoms with E-state index in [-0.39, 0.29) is 17.8 Å². The number of esters is 2. The van der Waals surface area contributed by atoms with Crippen molar-refractivity contribution in [2.45, 2.75) is 26.1 Å². The van der Waals surface area contributed by atoms with Gasteiger partial charge in [0.15, 0.2) is 0 Å². The van der Waals surface area contributed by atoms with E-state index in [1.807, 2.05) is 41.1 Å². The minimum Gasteiger partial charge on any atom is -0.466 e. The molecule has 0 amide bonds. The SMILES string of the molecule is COC(=O)C1=C(C)NC(C)=C(C(=O)OC/C=C/c2ccc(Cn3ccnc3)cc2)C1C1(N)C=CC=CN1. The van der Waals surface area contributed by atoms with Gasteiger partial charge in [0.05, 0.1) is 30.5 Å². The summed E-state index contributed by atoms with van der Waals surface area (Å²) in [5.74, 6) is -1.97. The normalized spacial score (nSPS) is 21.1. The number of benzene rings is 1. The molecule has 0 saturated heterocycles. The molecule has 37 heavy (non-hydrogen) atoms. The summed E-state index contributed by atoms with van der Waals surface area (Å²) in [6.45, 7) is 4.31.